The van der Waals surface area contributed by atoms with Gasteiger partial charge in [-0.15, -0.1) is 0 Å². The van der Waals surface area contributed by atoms with Gasteiger partial charge in [-0.2, -0.15) is 0 Å². The monoisotopic (exact) mass is 458 g/mol. The van der Waals surface area contributed by atoms with Gasteiger partial charge in [-0.3, -0.25) is 4.79 Å². The lowest BCUT2D eigenvalue weighted by molar-refractivity contribution is 0.0941. The Morgan fingerprint density at radius 2 is 1.79 bits per heavy atom. The van der Waals surface area contributed by atoms with Crippen LogP contribution in [0.3, 0.4) is 0 Å². The summed E-state index contributed by atoms with van der Waals surface area (Å²) in [5, 5.41) is 3.72. The third kappa shape index (κ3) is 5.11. The molecule has 2 N–H and O–H groups in total. The maximum Gasteiger partial charge on any atom is 0.253 e. The molecule has 0 saturated carbocycles. The average molecular weight is 459 g/mol. The minimum absolute atomic E-state index is 0.230. The van der Waals surface area contributed by atoms with Gasteiger partial charge in [0.05, 0.1) is 11.6 Å². The minimum Gasteiger partial charge on any atom is -0.372 e. The maximum atomic E-state index is 13.6. The molecule has 4 rings (SSSR count). The highest BCUT2D eigenvalue weighted by molar-refractivity contribution is 6.06. The zero-order valence-corrected chi connectivity index (χ0v) is 19.9. The van der Waals surface area contributed by atoms with E-state index in [1.165, 1.54) is 17.8 Å². The molecule has 5 nitrogen and oxygen atoms in total. The highest BCUT2D eigenvalue weighted by Gasteiger charge is 2.17. The summed E-state index contributed by atoms with van der Waals surface area (Å²) in [6.45, 7) is 8.31. The molecular weight excluding hydrogens is 427 g/mol. The largest absolute Gasteiger partial charge is 0.372 e. The van der Waals surface area contributed by atoms with E-state index >= 15 is 0 Å². The predicted octanol–water partition coefficient (Wildman–Crippen LogP) is 6.49. The maximum absolute atomic E-state index is 13.6. The van der Waals surface area contributed by atoms with Crippen molar-refractivity contribution in [3.8, 4) is 11.1 Å². The molecule has 34 heavy (non-hydrogen) atoms. The number of hydrogen-bond acceptors (Lipinski definition) is 3. The molecule has 0 aliphatic rings. The van der Waals surface area contributed by atoms with Gasteiger partial charge in [0.2, 0.25) is 0 Å². The quantitative estimate of drug-likeness (QED) is 0.301. The second-order valence-corrected chi connectivity index (χ2v) is 8.61. The summed E-state index contributed by atoms with van der Waals surface area (Å²) in [5.74, 6) is -0.551. The number of nitrogens with one attached hydrogen (secondary N) is 2. The number of halogens is 1. The Bertz CT molecular complexity index is 1260. The van der Waals surface area contributed by atoms with Crippen molar-refractivity contribution < 1.29 is 9.18 Å². The molecule has 1 unspecified atom stereocenters. The van der Waals surface area contributed by atoms with E-state index in [9.17, 15) is 9.18 Å². The fraction of sp³-hybridized carbons (Fsp3) is 0.286. The number of carbonyl (C=O) groups is 1. The molecule has 0 fully saturated rings. The van der Waals surface area contributed by atoms with E-state index in [1.54, 1.807) is 18.3 Å². The molecule has 1 amide bonds. The van der Waals surface area contributed by atoms with Gasteiger partial charge in [0, 0.05) is 42.1 Å². The third-order valence-corrected chi connectivity index (χ3v) is 6.02. The van der Waals surface area contributed by atoms with Crippen molar-refractivity contribution >= 4 is 22.6 Å². The Hall–Kier alpha value is -3.67. The lowest BCUT2D eigenvalue weighted by Crippen LogP contribution is -2.26. The van der Waals surface area contributed by atoms with Crippen molar-refractivity contribution in [3.63, 3.8) is 0 Å². The summed E-state index contributed by atoms with van der Waals surface area (Å²) in [7, 11) is 0. The second-order valence-electron chi connectivity index (χ2n) is 8.61. The molecule has 0 bridgehead atoms. The number of hydrogen-bond donors (Lipinski definition) is 2. The van der Waals surface area contributed by atoms with Crippen LogP contribution in [-0.2, 0) is 0 Å². The summed E-state index contributed by atoms with van der Waals surface area (Å²) in [4.78, 5) is 23.0. The Morgan fingerprint density at radius 3 is 2.47 bits per heavy atom. The first-order chi connectivity index (χ1) is 16.5. The first-order valence-electron chi connectivity index (χ1n) is 11.9. The van der Waals surface area contributed by atoms with E-state index < -0.39 is 0 Å². The molecule has 1 atom stereocenters. The van der Waals surface area contributed by atoms with E-state index in [-0.39, 0.29) is 17.8 Å². The molecule has 2 aromatic carbocycles. The van der Waals surface area contributed by atoms with Gasteiger partial charge in [0.25, 0.3) is 5.91 Å². The lowest BCUT2D eigenvalue weighted by atomic mass is 10.0. The summed E-state index contributed by atoms with van der Waals surface area (Å²) >= 11 is 0. The number of fused-ring (bicyclic) bond motifs is 1. The third-order valence-electron chi connectivity index (χ3n) is 6.02. The smallest absolute Gasteiger partial charge is 0.253 e. The van der Waals surface area contributed by atoms with Crippen molar-refractivity contribution in [1.82, 2.24) is 15.3 Å². The van der Waals surface area contributed by atoms with Crippen molar-refractivity contribution in [3.05, 3.63) is 83.9 Å². The van der Waals surface area contributed by atoms with E-state index in [2.05, 4.69) is 58.3 Å². The number of nitrogens with zero attached hydrogens (tertiary/aromatic N) is 2. The zero-order chi connectivity index (χ0) is 24.1. The van der Waals surface area contributed by atoms with Gasteiger partial charge in [-0.05, 0) is 61.2 Å². The molecule has 0 spiro atoms. The van der Waals surface area contributed by atoms with Crippen LogP contribution in [0.25, 0.3) is 22.2 Å². The van der Waals surface area contributed by atoms with E-state index in [0.29, 0.717) is 16.8 Å². The van der Waals surface area contributed by atoms with Crippen LogP contribution in [-0.4, -0.2) is 29.0 Å². The van der Waals surface area contributed by atoms with Gasteiger partial charge in [-0.1, -0.05) is 38.1 Å². The number of aromatic amines is 1. The Morgan fingerprint density at radius 1 is 1.06 bits per heavy atom. The standard InChI is InChI=1S/C28H31FN4O/c1-4-13-33(14-5-2)24-11-9-20(10-12-24)22-16-25-26(18-31-27(25)30-17-22)28(34)32-19(3)21-7-6-8-23(29)15-21/h6-12,15-19H,4-5,13-14H2,1-3H3,(H,30,31)(H,32,34). The molecule has 4 aromatic rings. The first-order valence-corrected chi connectivity index (χ1v) is 11.9. The van der Waals surface area contributed by atoms with Crippen LogP contribution in [0.5, 0.6) is 0 Å². The summed E-state index contributed by atoms with van der Waals surface area (Å²) < 4.78 is 13.6. The fourth-order valence-electron chi connectivity index (χ4n) is 4.26. The minimum atomic E-state index is -0.328. The summed E-state index contributed by atoms with van der Waals surface area (Å²) in [6.07, 6.45) is 5.71. The Kier molecular flexibility index (Phi) is 7.26. The predicted molar refractivity (Wildman–Crippen MR) is 137 cm³/mol. The van der Waals surface area contributed by atoms with Gasteiger partial charge in [0.1, 0.15) is 11.5 Å². The highest BCUT2D eigenvalue weighted by atomic mass is 19.1. The molecule has 0 aliphatic carbocycles. The topological polar surface area (TPSA) is 61.0 Å². The van der Waals surface area contributed by atoms with Crippen LogP contribution in [0.2, 0.25) is 0 Å². The number of benzene rings is 2. The number of amides is 1. The normalized spacial score (nSPS) is 12.0. The molecule has 0 aliphatic heterocycles. The van der Waals surface area contributed by atoms with Crippen LogP contribution in [0, 0.1) is 5.82 Å². The average Bonchev–Trinajstić information content (AvgIpc) is 3.27. The van der Waals surface area contributed by atoms with Crippen molar-refractivity contribution in [2.24, 2.45) is 0 Å². The Balaban J connectivity index is 1.57. The number of aromatic nitrogens is 2. The van der Waals surface area contributed by atoms with Gasteiger partial charge >= 0.3 is 0 Å². The number of rotatable bonds is 9. The molecular formula is C28H31FN4O. The van der Waals surface area contributed by atoms with Gasteiger partial charge in [0.15, 0.2) is 0 Å². The van der Waals surface area contributed by atoms with Crippen molar-refractivity contribution in [2.45, 2.75) is 39.7 Å². The molecule has 6 heteroatoms. The fourth-order valence-corrected chi connectivity index (χ4v) is 4.26. The van der Waals surface area contributed by atoms with E-state index in [0.717, 1.165) is 42.4 Å². The Labute approximate surface area is 200 Å². The van der Waals surface area contributed by atoms with Crippen LogP contribution >= 0.6 is 0 Å². The van der Waals surface area contributed by atoms with Crippen molar-refractivity contribution in [2.75, 3.05) is 18.0 Å². The first kappa shape index (κ1) is 23.5. The van der Waals surface area contributed by atoms with Crippen LogP contribution < -0.4 is 10.2 Å². The molecule has 2 heterocycles. The lowest BCUT2D eigenvalue weighted by Gasteiger charge is -2.24. The number of anilines is 1. The van der Waals surface area contributed by atoms with Crippen molar-refractivity contribution in [1.29, 1.82) is 0 Å². The zero-order valence-electron chi connectivity index (χ0n) is 19.9. The molecule has 2 aromatic heterocycles. The highest BCUT2D eigenvalue weighted by Crippen LogP contribution is 2.27. The molecule has 176 valence electrons. The SMILES string of the molecule is CCCN(CCC)c1ccc(-c2cnc3[nH]cc(C(=O)NC(C)c4cccc(F)c4)c3c2)cc1. The van der Waals surface area contributed by atoms with E-state index in [1.807, 2.05) is 19.2 Å². The summed E-state index contributed by atoms with van der Waals surface area (Å²) in [6, 6.07) is 16.4. The second kappa shape index (κ2) is 10.5. The van der Waals surface area contributed by atoms with E-state index in [4.69, 9.17) is 0 Å². The van der Waals surface area contributed by atoms with Gasteiger partial charge in [-0.25, -0.2) is 9.37 Å². The molecule has 0 saturated heterocycles. The van der Waals surface area contributed by atoms with Crippen LogP contribution in [0.15, 0.2) is 67.0 Å². The van der Waals surface area contributed by atoms with Crippen LogP contribution in [0.1, 0.15) is 55.6 Å². The summed E-state index contributed by atoms with van der Waals surface area (Å²) in [5.41, 5.74) is 5.10. The number of H-pyrrole nitrogens is 1. The number of carbonyl (C=O) groups excluding carboxylic acids is 1. The molecule has 0 radical (unpaired) electrons. The van der Waals surface area contributed by atoms with Crippen LogP contribution in [0.4, 0.5) is 10.1 Å². The number of pyridine rings is 1. The van der Waals surface area contributed by atoms with Gasteiger partial charge < -0.3 is 15.2 Å².